The van der Waals surface area contributed by atoms with Crippen molar-refractivity contribution in [1.82, 2.24) is 5.32 Å². The van der Waals surface area contributed by atoms with Crippen LogP contribution >= 0.6 is 0 Å². The van der Waals surface area contributed by atoms with Crippen LogP contribution in [-0.2, 0) is 14.4 Å². The number of carbonyl (C=O) groups excluding carboxylic acids is 3. The van der Waals surface area contributed by atoms with Crippen molar-refractivity contribution in [3.63, 3.8) is 0 Å². The molecule has 4 nitrogen and oxygen atoms in total. The predicted molar refractivity (Wildman–Crippen MR) is 45.7 cm³/mol. The summed E-state index contributed by atoms with van der Waals surface area (Å²) in [5, 5.41) is 2.54. The number of allylic oxidation sites excluding steroid dienone is 1. The van der Waals surface area contributed by atoms with Crippen molar-refractivity contribution < 1.29 is 14.4 Å². The molecule has 70 valence electrons. The lowest BCUT2D eigenvalue weighted by atomic mass is 9.94. The average Bonchev–Trinajstić information content (AvgIpc) is 2.27. The van der Waals surface area contributed by atoms with Crippen LogP contribution in [0.25, 0.3) is 0 Å². The van der Waals surface area contributed by atoms with Gasteiger partial charge in [-0.05, 0) is 13.8 Å². The number of ketones is 1. The molecule has 1 rings (SSSR count). The van der Waals surface area contributed by atoms with Gasteiger partial charge >= 0.3 is 0 Å². The van der Waals surface area contributed by atoms with Crippen LogP contribution < -0.4 is 5.32 Å². The summed E-state index contributed by atoms with van der Waals surface area (Å²) in [4.78, 5) is 32.6. The second-order valence-corrected chi connectivity index (χ2v) is 3.04. The highest BCUT2D eigenvalue weighted by atomic mass is 16.2. The van der Waals surface area contributed by atoms with Crippen LogP contribution in [0.15, 0.2) is 11.3 Å². The van der Waals surface area contributed by atoms with E-state index in [-0.39, 0.29) is 18.1 Å². The van der Waals surface area contributed by atoms with Crippen LogP contribution in [0.2, 0.25) is 0 Å². The fourth-order valence-electron chi connectivity index (χ4n) is 1.56. The van der Waals surface area contributed by atoms with E-state index in [1.165, 1.54) is 6.92 Å². The van der Waals surface area contributed by atoms with E-state index in [0.29, 0.717) is 17.6 Å². The lowest BCUT2D eigenvalue weighted by Crippen LogP contribution is -2.22. The quantitative estimate of drug-likeness (QED) is 0.632. The average molecular weight is 181 g/mol. The number of carbonyl (C=O) groups is 3. The van der Waals surface area contributed by atoms with Crippen LogP contribution in [0, 0.1) is 5.92 Å². The number of rotatable bonds is 3. The fraction of sp³-hybridized carbons (Fsp3) is 0.444. The number of hydrogen-bond donors (Lipinski definition) is 1. The first-order valence-electron chi connectivity index (χ1n) is 4.04. The van der Waals surface area contributed by atoms with E-state index in [4.69, 9.17) is 0 Å². The molecule has 1 amide bonds. The molecule has 0 aromatic carbocycles. The van der Waals surface area contributed by atoms with Gasteiger partial charge in [-0.15, -0.1) is 0 Å². The van der Waals surface area contributed by atoms with Crippen LogP contribution in [0.1, 0.15) is 20.3 Å². The van der Waals surface area contributed by atoms with E-state index < -0.39 is 5.92 Å². The third-order valence-corrected chi connectivity index (χ3v) is 2.09. The number of Topliss-reactive ketones (excluding diaryl/α,β-unsaturated/α-hetero) is 1. The Bertz CT molecular complexity index is 304. The maximum Gasteiger partial charge on any atom is 0.232 e. The largest absolute Gasteiger partial charge is 0.329 e. The number of amides is 1. The summed E-state index contributed by atoms with van der Waals surface area (Å²) in [5.74, 6) is -0.979. The first kappa shape index (κ1) is 9.64. The third-order valence-electron chi connectivity index (χ3n) is 2.09. The molecule has 0 saturated carbocycles. The van der Waals surface area contributed by atoms with Crippen molar-refractivity contribution in [3.05, 3.63) is 11.3 Å². The SMILES string of the molecule is CC(=O)C1=C(C)NC(=O)C1CC=O. The molecule has 0 radical (unpaired) electrons. The van der Waals surface area contributed by atoms with Gasteiger partial charge in [-0.25, -0.2) is 0 Å². The lowest BCUT2D eigenvalue weighted by molar-refractivity contribution is -0.125. The molecule has 1 atom stereocenters. The van der Waals surface area contributed by atoms with Gasteiger partial charge in [0.25, 0.3) is 0 Å². The molecule has 1 aliphatic heterocycles. The maximum atomic E-state index is 11.2. The molecular formula is C9H11NO3. The van der Waals surface area contributed by atoms with Crippen LogP contribution in [0.3, 0.4) is 0 Å². The number of hydrogen-bond acceptors (Lipinski definition) is 3. The molecule has 0 aromatic rings. The van der Waals surface area contributed by atoms with Gasteiger partial charge in [0, 0.05) is 17.7 Å². The number of aldehydes is 1. The second kappa shape index (κ2) is 3.51. The van der Waals surface area contributed by atoms with Crippen molar-refractivity contribution in [3.8, 4) is 0 Å². The minimum absolute atomic E-state index is 0.0814. The monoisotopic (exact) mass is 181 g/mol. The number of nitrogens with one attached hydrogen (secondary N) is 1. The summed E-state index contributed by atoms with van der Waals surface area (Å²) in [6.07, 6.45) is 0.740. The molecule has 0 aromatic heterocycles. The Labute approximate surface area is 76.0 Å². The van der Waals surface area contributed by atoms with E-state index in [0.717, 1.165) is 0 Å². The first-order chi connectivity index (χ1) is 6.07. The van der Waals surface area contributed by atoms with E-state index >= 15 is 0 Å². The van der Waals surface area contributed by atoms with Gasteiger partial charge in [0.15, 0.2) is 5.78 Å². The highest BCUT2D eigenvalue weighted by Crippen LogP contribution is 2.24. The molecule has 0 fully saturated rings. The summed E-state index contributed by atoms with van der Waals surface area (Å²) in [6.45, 7) is 3.07. The lowest BCUT2D eigenvalue weighted by Gasteiger charge is -2.04. The summed E-state index contributed by atoms with van der Waals surface area (Å²) >= 11 is 0. The van der Waals surface area contributed by atoms with Gasteiger partial charge in [0.05, 0.1) is 5.92 Å². The van der Waals surface area contributed by atoms with Crippen molar-refractivity contribution in [2.75, 3.05) is 0 Å². The molecule has 4 heteroatoms. The van der Waals surface area contributed by atoms with Crippen LogP contribution in [0.4, 0.5) is 0 Å². The molecule has 0 bridgehead atoms. The highest BCUT2D eigenvalue weighted by molar-refractivity contribution is 6.05. The van der Waals surface area contributed by atoms with E-state index in [9.17, 15) is 14.4 Å². The molecule has 1 unspecified atom stereocenters. The van der Waals surface area contributed by atoms with Crippen LogP contribution in [0.5, 0.6) is 0 Å². The molecule has 0 saturated heterocycles. The predicted octanol–water partition coefficient (Wildman–Crippen LogP) is 0.184. The van der Waals surface area contributed by atoms with E-state index in [1.807, 2.05) is 0 Å². The molecule has 0 aliphatic carbocycles. The van der Waals surface area contributed by atoms with Gasteiger partial charge in [-0.2, -0.15) is 0 Å². The maximum absolute atomic E-state index is 11.2. The third kappa shape index (κ3) is 1.66. The second-order valence-electron chi connectivity index (χ2n) is 3.04. The van der Waals surface area contributed by atoms with Crippen molar-refractivity contribution in [2.45, 2.75) is 20.3 Å². The van der Waals surface area contributed by atoms with Gasteiger partial charge in [-0.1, -0.05) is 0 Å². The molecule has 13 heavy (non-hydrogen) atoms. The van der Waals surface area contributed by atoms with Gasteiger partial charge in [0.2, 0.25) is 5.91 Å². The summed E-state index contributed by atoms with van der Waals surface area (Å²) in [6, 6.07) is 0. The standard InChI is InChI=1S/C9H11NO3/c1-5-8(6(2)12)7(3-4-11)9(13)10-5/h4,7H,3H2,1-2H3,(H,10,13). The fourth-order valence-corrected chi connectivity index (χ4v) is 1.56. The Hall–Kier alpha value is -1.45. The van der Waals surface area contributed by atoms with Crippen molar-refractivity contribution >= 4 is 18.0 Å². The molecule has 0 spiro atoms. The summed E-state index contributed by atoms with van der Waals surface area (Å²) in [5.41, 5.74) is 1.02. The van der Waals surface area contributed by atoms with E-state index in [2.05, 4.69) is 5.32 Å². The Kier molecular flexibility index (Phi) is 2.60. The smallest absolute Gasteiger partial charge is 0.232 e. The van der Waals surface area contributed by atoms with Gasteiger partial charge in [-0.3, -0.25) is 9.59 Å². The molecule has 1 heterocycles. The Morgan fingerprint density at radius 2 is 2.23 bits per heavy atom. The zero-order chi connectivity index (χ0) is 10.0. The van der Waals surface area contributed by atoms with Crippen molar-refractivity contribution in [2.24, 2.45) is 5.92 Å². The topological polar surface area (TPSA) is 63.2 Å². The highest BCUT2D eigenvalue weighted by Gasteiger charge is 2.33. The summed E-state index contributed by atoms with van der Waals surface area (Å²) in [7, 11) is 0. The first-order valence-corrected chi connectivity index (χ1v) is 4.04. The van der Waals surface area contributed by atoms with E-state index in [1.54, 1.807) is 6.92 Å². The van der Waals surface area contributed by atoms with Crippen molar-refractivity contribution in [1.29, 1.82) is 0 Å². The molecular weight excluding hydrogens is 170 g/mol. The Balaban J connectivity index is 2.98. The minimum Gasteiger partial charge on any atom is -0.329 e. The van der Waals surface area contributed by atoms with Gasteiger partial charge < -0.3 is 10.1 Å². The zero-order valence-corrected chi connectivity index (χ0v) is 7.59. The Morgan fingerprint density at radius 1 is 1.62 bits per heavy atom. The zero-order valence-electron chi connectivity index (χ0n) is 7.59. The Morgan fingerprint density at radius 3 is 2.69 bits per heavy atom. The molecule has 1 N–H and O–H groups in total. The minimum atomic E-state index is -0.574. The summed E-state index contributed by atoms with van der Waals surface area (Å²) < 4.78 is 0. The van der Waals surface area contributed by atoms with Gasteiger partial charge in [0.1, 0.15) is 6.29 Å². The molecule has 1 aliphatic rings. The van der Waals surface area contributed by atoms with Crippen LogP contribution in [-0.4, -0.2) is 18.0 Å². The normalized spacial score (nSPS) is 21.7.